The Morgan fingerprint density at radius 3 is 2.32 bits per heavy atom. The zero-order chi connectivity index (χ0) is 18.2. The summed E-state index contributed by atoms with van der Waals surface area (Å²) < 4.78 is 1.02. The van der Waals surface area contributed by atoms with Gasteiger partial charge in [0.1, 0.15) is 0 Å². The van der Waals surface area contributed by atoms with Crippen molar-refractivity contribution in [3.05, 3.63) is 70.2 Å². The van der Waals surface area contributed by atoms with Crippen LogP contribution in [0.3, 0.4) is 0 Å². The fourth-order valence-corrected chi connectivity index (χ4v) is 3.03. The molecule has 4 nitrogen and oxygen atoms in total. The third-order valence-electron chi connectivity index (χ3n) is 4.25. The number of nitrogens with zero attached hydrogens (tertiary/aromatic N) is 2. The van der Waals surface area contributed by atoms with Crippen LogP contribution in [0.2, 0.25) is 0 Å². The second-order valence-electron chi connectivity index (χ2n) is 6.44. The van der Waals surface area contributed by atoms with Crippen molar-refractivity contribution in [2.24, 2.45) is 0 Å². The van der Waals surface area contributed by atoms with Crippen molar-refractivity contribution in [2.75, 3.05) is 27.7 Å². The molecule has 2 aromatic carbocycles. The zero-order valence-electron chi connectivity index (χ0n) is 15.1. The van der Waals surface area contributed by atoms with E-state index in [-0.39, 0.29) is 12.1 Å². The van der Waals surface area contributed by atoms with Gasteiger partial charge in [-0.2, -0.15) is 0 Å². The summed E-state index contributed by atoms with van der Waals surface area (Å²) in [7, 11) is 5.91. The topological polar surface area (TPSA) is 35.6 Å². The molecule has 0 saturated heterocycles. The summed E-state index contributed by atoms with van der Waals surface area (Å²) in [5.74, 6) is 0. The fraction of sp³-hybridized carbons (Fsp3) is 0.350. The molecule has 25 heavy (non-hydrogen) atoms. The quantitative estimate of drug-likeness (QED) is 0.763. The molecule has 134 valence electrons. The molecule has 0 aromatic heterocycles. The molecule has 2 rings (SSSR count). The van der Waals surface area contributed by atoms with E-state index >= 15 is 0 Å². The molecule has 0 aliphatic carbocycles. The number of likely N-dealkylation sites (N-methyl/N-ethyl adjacent to an activating group) is 1. The Balaban J connectivity index is 1.88. The molecular formula is C20H26BrN3O. The summed E-state index contributed by atoms with van der Waals surface area (Å²) in [4.78, 5) is 16.3. The van der Waals surface area contributed by atoms with E-state index in [1.807, 2.05) is 63.6 Å². The van der Waals surface area contributed by atoms with E-state index in [0.29, 0.717) is 13.1 Å². The molecule has 0 bridgehead atoms. The highest BCUT2D eigenvalue weighted by molar-refractivity contribution is 9.10. The van der Waals surface area contributed by atoms with Crippen LogP contribution in [-0.2, 0) is 13.0 Å². The van der Waals surface area contributed by atoms with Gasteiger partial charge >= 0.3 is 6.03 Å². The molecular weight excluding hydrogens is 378 g/mol. The van der Waals surface area contributed by atoms with Crippen LogP contribution in [0.15, 0.2) is 59.1 Å². The van der Waals surface area contributed by atoms with Crippen LogP contribution in [0.1, 0.15) is 11.1 Å². The van der Waals surface area contributed by atoms with Gasteiger partial charge in [-0.25, -0.2) is 4.79 Å². The van der Waals surface area contributed by atoms with E-state index in [2.05, 4.69) is 38.3 Å². The Bertz CT molecular complexity index is 676. The summed E-state index contributed by atoms with van der Waals surface area (Å²) in [6, 6.07) is 18.5. The molecule has 1 atom stereocenters. The second kappa shape index (κ2) is 9.59. The Kier molecular flexibility index (Phi) is 7.47. The van der Waals surface area contributed by atoms with E-state index in [4.69, 9.17) is 0 Å². The molecule has 2 aromatic rings. The SMILES string of the molecule is CN(Cc1ccccc1Br)C(=O)NCC(Cc1ccccc1)N(C)C. The predicted octanol–water partition coefficient (Wildman–Crippen LogP) is 3.76. The second-order valence-corrected chi connectivity index (χ2v) is 7.30. The monoisotopic (exact) mass is 403 g/mol. The molecule has 1 unspecified atom stereocenters. The number of carbonyl (C=O) groups excluding carboxylic acids is 1. The van der Waals surface area contributed by atoms with E-state index in [1.165, 1.54) is 5.56 Å². The smallest absolute Gasteiger partial charge is 0.317 e. The van der Waals surface area contributed by atoms with E-state index in [9.17, 15) is 4.79 Å². The van der Waals surface area contributed by atoms with Gasteiger partial charge in [0.15, 0.2) is 0 Å². The fourth-order valence-electron chi connectivity index (χ4n) is 2.62. The third-order valence-corrected chi connectivity index (χ3v) is 5.02. The van der Waals surface area contributed by atoms with Crippen molar-refractivity contribution < 1.29 is 4.79 Å². The van der Waals surface area contributed by atoms with Gasteiger partial charge in [0.05, 0.1) is 0 Å². The number of rotatable bonds is 7. The number of halogens is 1. The predicted molar refractivity (Wildman–Crippen MR) is 107 cm³/mol. The zero-order valence-corrected chi connectivity index (χ0v) is 16.7. The standard InChI is InChI=1S/C20H26BrN3O/c1-23(2)18(13-16-9-5-4-6-10-16)14-22-20(25)24(3)15-17-11-7-8-12-19(17)21/h4-12,18H,13-15H2,1-3H3,(H,22,25). The molecule has 0 heterocycles. The van der Waals surface area contributed by atoms with E-state index < -0.39 is 0 Å². The van der Waals surface area contributed by atoms with Crippen molar-refractivity contribution in [1.29, 1.82) is 0 Å². The van der Waals surface area contributed by atoms with Crippen molar-refractivity contribution >= 4 is 22.0 Å². The first-order valence-corrected chi connectivity index (χ1v) is 9.19. The molecule has 0 aliphatic rings. The largest absolute Gasteiger partial charge is 0.336 e. The highest BCUT2D eigenvalue weighted by atomic mass is 79.9. The average molecular weight is 404 g/mol. The number of carbonyl (C=O) groups is 1. The van der Waals surface area contributed by atoms with Crippen molar-refractivity contribution in [1.82, 2.24) is 15.1 Å². The minimum absolute atomic E-state index is 0.0596. The van der Waals surface area contributed by atoms with Gasteiger partial charge in [0, 0.05) is 30.7 Å². The number of hydrogen-bond donors (Lipinski definition) is 1. The van der Waals surface area contributed by atoms with Crippen LogP contribution < -0.4 is 5.32 Å². The van der Waals surface area contributed by atoms with Crippen LogP contribution >= 0.6 is 15.9 Å². The number of hydrogen-bond acceptors (Lipinski definition) is 2. The van der Waals surface area contributed by atoms with Crippen LogP contribution in [0.4, 0.5) is 4.79 Å². The number of nitrogens with one attached hydrogen (secondary N) is 1. The lowest BCUT2D eigenvalue weighted by molar-refractivity contribution is 0.200. The first-order chi connectivity index (χ1) is 12.0. The van der Waals surface area contributed by atoms with Crippen LogP contribution in [-0.4, -0.2) is 49.6 Å². The molecule has 2 amide bonds. The van der Waals surface area contributed by atoms with Crippen LogP contribution in [0.25, 0.3) is 0 Å². The normalized spacial score (nSPS) is 12.0. The van der Waals surface area contributed by atoms with E-state index in [0.717, 1.165) is 16.5 Å². The number of urea groups is 1. The molecule has 0 fully saturated rings. The lowest BCUT2D eigenvalue weighted by Gasteiger charge is -2.26. The summed E-state index contributed by atoms with van der Waals surface area (Å²) in [6.07, 6.45) is 0.905. The number of amides is 2. The third kappa shape index (κ3) is 6.18. The minimum atomic E-state index is -0.0596. The Morgan fingerprint density at radius 2 is 1.68 bits per heavy atom. The maximum atomic E-state index is 12.4. The van der Waals surface area contributed by atoms with Crippen molar-refractivity contribution in [3.8, 4) is 0 Å². The Labute approximate surface area is 159 Å². The maximum absolute atomic E-state index is 12.4. The summed E-state index contributed by atoms with van der Waals surface area (Å²) in [5, 5.41) is 3.05. The first kappa shape index (κ1) is 19.5. The highest BCUT2D eigenvalue weighted by Gasteiger charge is 2.16. The Hall–Kier alpha value is -1.85. The van der Waals surface area contributed by atoms with Gasteiger partial charge < -0.3 is 15.1 Å². The summed E-state index contributed by atoms with van der Waals surface area (Å²) >= 11 is 3.53. The first-order valence-electron chi connectivity index (χ1n) is 8.40. The minimum Gasteiger partial charge on any atom is -0.336 e. The van der Waals surface area contributed by atoms with E-state index in [1.54, 1.807) is 4.90 Å². The van der Waals surface area contributed by atoms with Crippen LogP contribution in [0, 0.1) is 0 Å². The van der Waals surface area contributed by atoms with Gasteiger partial charge in [-0.05, 0) is 37.7 Å². The average Bonchev–Trinajstić information content (AvgIpc) is 2.60. The molecule has 0 radical (unpaired) electrons. The van der Waals surface area contributed by atoms with Gasteiger partial charge in [-0.1, -0.05) is 64.5 Å². The lowest BCUT2D eigenvalue weighted by Crippen LogP contribution is -2.45. The molecule has 5 heteroatoms. The summed E-state index contributed by atoms with van der Waals surface area (Å²) in [5.41, 5.74) is 2.37. The number of benzene rings is 2. The molecule has 0 spiro atoms. The Morgan fingerprint density at radius 1 is 1.04 bits per heavy atom. The van der Waals surface area contributed by atoms with Gasteiger partial charge in [-0.15, -0.1) is 0 Å². The van der Waals surface area contributed by atoms with Crippen molar-refractivity contribution in [2.45, 2.75) is 19.0 Å². The van der Waals surface area contributed by atoms with Crippen LogP contribution in [0.5, 0.6) is 0 Å². The molecule has 0 saturated carbocycles. The summed E-state index contributed by atoms with van der Waals surface area (Å²) in [6.45, 7) is 1.18. The molecule has 1 N–H and O–H groups in total. The van der Waals surface area contributed by atoms with Crippen molar-refractivity contribution in [3.63, 3.8) is 0 Å². The molecule has 0 aliphatic heterocycles. The maximum Gasteiger partial charge on any atom is 0.317 e. The van der Waals surface area contributed by atoms with Gasteiger partial charge in [0.25, 0.3) is 0 Å². The highest BCUT2D eigenvalue weighted by Crippen LogP contribution is 2.17. The lowest BCUT2D eigenvalue weighted by atomic mass is 10.1. The van der Waals surface area contributed by atoms with Gasteiger partial charge in [-0.3, -0.25) is 0 Å². The van der Waals surface area contributed by atoms with Gasteiger partial charge in [0.2, 0.25) is 0 Å².